The predicted molar refractivity (Wildman–Crippen MR) is 136 cm³/mol. The van der Waals surface area contributed by atoms with E-state index < -0.39 is 31.6 Å². The zero-order chi connectivity index (χ0) is 27.2. The molecule has 2 aliphatic heterocycles. The number of rotatable bonds is 6. The molecule has 0 saturated carbocycles. The van der Waals surface area contributed by atoms with Crippen LogP contribution < -0.4 is 4.90 Å². The molecule has 0 aliphatic carbocycles. The van der Waals surface area contributed by atoms with E-state index >= 15 is 0 Å². The largest absolute Gasteiger partial charge is 0.421 e. The molecule has 2 aromatic rings. The second-order valence-electron chi connectivity index (χ2n) is 9.72. The van der Waals surface area contributed by atoms with Crippen molar-refractivity contribution >= 4 is 36.9 Å². The van der Waals surface area contributed by atoms with Crippen LogP contribution in [0.1, 0.15) is 19.4 Å². The zero-order valence-corrected chi connectivity index (χ0v) is 22.9. The third-order valence-corrected chi connectivity index (χ3v) is 12.1. The lowest BCUT2D eigenvalue weighted by Gasteiger charge is -2.45. The van der Waals surface area contributed by atoms with Crippen LogP contribution in [0.15, 0.2) is 46.0 Å². The minimum Gasteiger partial charge on any atom is -0.376 e. The normalized spacial score (nSPS) is 25.6. The van der Waals surface area contributed by atoms with Crippen molar-refractivity contribution in [2.45, 2.75) is 41.9 Å². The number of benzene rings is 1. The monoisotopic (exact) mass is 581 g/mol. The molecule has 8 nitrogen and oxygen atoms in total. The van der Waals surface area contributed by atoms with E-state index in [9.17, 15) is 35.1 Å². The Kier molecular flexibility index (Phi) is 7.74. The molecule has 0 amide bonds. The van der Waals surface area contributed by atoms with E-state index in [1.54, 1.807) is 17.5 Å². The molecule has 206 valence electrons. The first-order valence-corrected chi connectivity index (χ1v) is 15.9. The highest BCUT2D eigenvalue weighted by Crippen LogP contribution is 2.39. The average molecular weight is 582 g/mol. The van der Waals surface area contributed by atoms with Crippen molar-refractivity contribution < 1.29 is 35.1 Å². The topological polar surface area (TPSA) is 98.2 Å². The van der Waals surface area contributed by atoms with Gasteiger partial charge < -0.3 is 10.0 Å². The van der Waals surface area contributed by atoms with Crippen LogP contribution in [-0.4, -0.2) is 93.6 Å². The molecule has 2 fully saturated rings. The van der Waals surface area contributed by atoms with Crippen LogP contribution in [0.25, 0.3) is 0 Å². The summed E-state index contributed by atoms with van der Waals surface area (Å²) in [6.07, 6.45) is -4.84. The number of piperazine rings is 1. The van der Waals surface area contributed by atoms with Gasteiger partial charge in [-0.15, -0.1) is 11.3 Å². The smallest absolute Gasteiger partial charge is 0.376 e. The number of anilines is 1. The fourth-order valence-electron chi connectivity index (χ4n) is 4.79. The number of aliphatic hydroxyl groups is 1. The van der Waals surface area contributed by atoms with Crippen molar-refractivity contribution in [2.75, 3.05) is 49.1 Å². The highest BCUT2D eigenvalue weighted by molar-refractivity contribution is 7.91. The Hall–Kier alpha value is -1.71. The summed E-state index contributed by atoms with van der Waals surface area (Å²) in [7, 11) is -6.86. The number of sulfonamides is 1. The van der Waals surface area contributed by atoms with Crippen LogP contribution in [0.3, 0.4) is 0 Å². The molecule has 0 spiro atoms. The Morgan fingerprint density at radius 2 is 1.78 bits per heavy atom. The van der Waals surface area contributed by atoms with E-state index in [1.165, 1.54) is 28.6 Å². The van der Waals surface area contributed by atoms with Crippen LogP contribution in [0.5, 0.6) is 0 Å². The predicted octanol–water partition coefficient (Wildman–Crippen LogP) is 2.52. The maximum atomic E-state index is 13.3. The quantitative estimate of drug-likeness (QED) is 0.560. The number of alkyl halides is 3. The molecule has 0 unspecified atom stereocenters. The van der Waals surface area contributed by atoms with Gasteiger partial charge in [-0.3, -0.25) is 4.90 Å². The molecule has 3 heterocycles. The van der Waals surface area contributed by atoms with Gasteiger partial charge in [0.05, 0.1) is 17.5 Å². The average Bonchev–Trinajstić information content (AvgIpc) is 3.36. The van der Waals surface area contributed by atoms with Gasteiger partial charge in [-0.05, 0) is 43.0 Å². The third-order valence-electron chi connectivity index (χ3n) is 7.10. The standard InChI is InChI=1S/C23H30F3N3O5S3/c1-17-16-36(31,32)13-11-27(17)14-20-15-28(37(33,34)21-4-3-12-35-21)9-10-29(20)19-7-5-18(6-8-19)22(2,30)23(24,25)26/h3-8,12,17,20,30H,9-11,13-16H2,1-2H3/t17-,20+,22-/m1/s1. The molecule has 4 rings (SSSR count). The Bertz CT molecular complexity index is 1300. The van der Waals surface area contributed by atoms with E-state index in [1.807, 2.05) is 16.7 Å². The van der Waals surface area contributed by atoms with Crippen molar-refractivity contribution in [1.29, 1.82) is 0 Å². The fraction of sp³-hybridized carbons (Fsp3) is 0.565. The molecule has 1 N–H and O–H groups in total. The molecule has 1 aromatic heterocycles. The number of sulfone groups is 1. The van der Waals surface area contributed by atoms with Gasteiger partial charge in [0.15, 0.2) is 15.4 Å². The maximum absolute atomic E-state index is 13.3. The van der Waals surface area contributed by atoms with Gasteiger partial charge in [0, 0.05) is 44.5 Å². The van der Waals surface area contributed by atoms with Gasteiger partial charge in [0.1, 0.15) is 4.21 Å². The van der Waals surface area contributed by atoms with Gasteiger partial charge in [0.25, 0.3) is 10.0 Å². The summed E-state index contributed by atoms with van der Waals surface area (Å²) >= 11 is 1.13. The van der Waals surface area contributed by atoms with Gasteiger partial charge in [0.2, 0.25) is 0 Å². The van der Waals surface area contributed by atoms with Crippen molar-refractivity contribution in [3.8, 4) is 0 Å². The Balaban J connectivity index is 1.61. The Morgan fingerprint density at radius 1 is 1.11 bits per heavy atom. The first-order chi connectivity index (χ1) is 17.1. The summed E-state index contributed by atoms with van der Waals surface area (Å²) in [6.45, 7) is 3.84. The van der Waals surface area contributed by atoms with E-state index in [4.69, 9.17) is 0 Å². The van der Waals surface area contributed by atoms with E-state index in [-0.39, 0.29) is 46.5 Å². The van der Waals surface area contributed by atoms with Crippen molar-refractivity contribution in [2.24, 2.45) is 0 Å². The van der Waals surface area contributed by atoms with Crippen LogP contribution in [0, 0.1) is 0 Å². The lowest BCUT2D eigenvalue weighted by molar-refractivity contribution is -0.258. The van der Waals surface area contributed by atoms with Crippen molar-refractivity contribution in [3.05, 3.63) is 47.3 Å². The molecule has 1 aromatic carbocycles. The summed E-state index contributed by atoms with van der Waals surface area (Å²) in [5.41, 5.74) is -2.71. The Labute approximate surface area is 219 Å². The SMILES string of the molecule is C[C@@H]1CS(=O)(=O)CCN1C[C@H]1CN(S(=O)(=O)c2cccs2)CCN1c1ccc([C@@](C)(O)C(F)(F)F)cc1. The van der Waals surface area contributed by atoms with Crippen molar-refractivity contribution in [3.63, 3.8) is 0 Å². The van der Waals surface area contributed by atoms with Crippen LogP contribution in [-0.2, 0) is 25.5 Å². The second kappa shape index (κ2) is 10.1. The molecular formula is C23H30F3N3O5S3. The van der Waals surface area contributed by atoms with E-state index in [2.05, 4.69) is 0 Å². The van der Waals surface area contributed by atoms with Crippen LogP contribution >= 0.6 is 11.3 Å². The zero-order valence-electron chi connectivity index (χ0n) is 20.4. The molecule has 0 radical (unpaired) electrons. The third kappa shape index (κ3) is 5.83. The second-order valence-corrected chi connectivity index (χ2v) is 15.1. The summed E-state index contributed by atoms with van der Waals surface area (Å²) in [5.74, 6) is 0.0284. The van der Waals surface area contributed by atoms with Gasteiger partial charge in [-0.1, -0.05) is 18.2 Å². The highest BCUT2D eigenvalue weighted by Gasteiger charge is 2.51. The molecule has 2 saturated heterocycles. The molecule has 0 bridgehead atoms. The van der Waals surface area contributed by atoms with Crippen molar-refractivity contribution in [1.82, 2.24) is 9.21 Å². The lowest BCUT2D eigenvalue weighted by Crippen LogP contribution is -2.60. The van der Waals surface area contributed by atoms with Crippen LogP contribution in [0.4, 0.5) is 18.9 Å². The van der Waals surface area contributed by atoms with E-state index in [0.717, 1.165) is 11.3 Å². The van der Waals surface area contributed by atoms with E-state index in [0.29, 0.717) is 32.2 Å². The number of thiophene rings is 1. The summed E-state index contributed by atoms with van der Waals surface area (Å²) in [5, 5.41) is 11.7. The van der Waals surface area contributed by atoms with Crippen LogP contribution in [0.2, 0.25) is 0 Å². The minimum atomic E-state index is -4.84. The minimum absolute atomic E-state index is 0.0121. The summed E-state index contributed by atoms with van der Waals surface area (Å²) in [4.78, 5) is 3.96. The molecule has 3 atom stereocenters. The molecule has 37 heavy (non-hydrogen) atoms. The number of halogens is 3. The lowest BCUT2D eigenvalue weighted by atomic mass is 9.95. The van der Waals surface area contributed by atoms with Gasteiger partial charge in [-0.2, -0.15) is 17.5 Å². The number of nitrogens with zero attached hydrogens (tertiary/aromatic N) is 3. The highest BCUT2D eigenvalue weighted by atomic mass is 32.2. The summed E-state index contributed by atoms with van der Waals surface area (Å²) in [6, 6.07) is 8.03. The molecule has 14 heteroatoms. The fourth-order valence-corrected chi connectivity index (χ4v) is 9.03. The Morgan fingerprint density at radius 3 is 2.35 bits per heavy atom. The first kappa shape index (κ1) is 28.3. The maximum Gasteiger partial charge on any atom is 0.421 e. The first-order valence-electron chi connectivity index (χ1n) is 11.8. The summed E-state index contributed by atoms with van der Waals surface area (Å²) < 4.78 is 92.1. The van der Waals surface area contributed by atoms with Gasteiger partial charge in [-0.25, -0.2) is 16.8 Å². The number of hydrogen-bond donors (Lipinski definition) is 1. The molecular weight excluding hydrogens is 551 g/mol. The number of hydrogen-bond acceptors (Lipinski definition) is 8. The van der Waals surface area contributed by atoms with Gasteiger partial charge >= 0.3 is 6.18 Å². The molecule has 2 aliphatic rings.